The lowest BCUT2D eigenvalue weighted by Gasteiger charge is -2.22. The minimum Gasteiger partial charge on any atom is -0.481 e. The van der Waals surface area contributed by atoms with E-state index in [1.54, 1.807) is 13.1 Å². The maximum Gasteiger partial charge on any atom is 0.311 e. The van der Waals surface area contributed by atoms with Gasteiger partial charge in [-0.3, -0.25) is 9.78 Å². The fourth-order valence-corrected chi connectivity index (χ4v) is 1.31. The van der Waals surface area contributed by atoms with E-state index >= 15 is 0 Å². The van der Waals surface area contributed by atoms with E-state index in [1.807, 2.05) is 19.1 Å². The van der Waals surface area contributed by atoms with Crippen molar-refractivity contribution in [2.45, 2.75) is 20.3 Å². The highest BCUT2D eigenvalue weighted by Crippen LogP contribution is 2.22. The second kappa shape index (κ2) is 4.40. The summed E-state index contributed by atoms with van der Waals surface area (Å²) in [7, 11) is 0. The molecule has 1 rings (SSSR count). The van der Waals surface area contributed by atoms with E-state index in [0.29, 0.717) is 6.42 Å². The van der Waals surface area contributed by atoms with Crippen LogP contribution in [0.3, 0.4) is 0 Å². The van der Waals surface area contributed by atoms with Crippen LogP contribution in [0, 0.1) is 12.3 Å². The molecule has 3 N–H and O–H groups in total. The predicted molar refractivity (Wildman–Crippen MR) is 57.5 cm³/mol. The molecule has 82 valence electrons. The Morgan fingerprint density at radius 3 is 2.80 bits per heavy atom. The fraction of sp³-hybridized carbons (Fsp3) is 0.455. The van der Waals surface area contributed by atoms with E-state index in [1.165, 1.54) is 0 Å². The zero-order valence-electron chi connectivity index (χ0n) is 9.03. The van der Waals surface area contributed by atoms with Gasteiger partial charge in [0.2, 0.25) is 0 Å². The predicted octanol–water partition coefficient (Wildman–Crippen LogP) is 0.982. The smallest absolute Gasteiger partial charge is 0.311 e. The molecule has 0 saturated carbocycles. The minimum absolute atomic E-state index is 0.109. The Balaban J connectivity index is 2.94. The van der Waals surface area contributed by atoms with Crippen molar-refractivity contribution in [3.8, 4) is 0 Å². The summed E-state index contributed by atoms with van der Waals surface area (Å²) in [5, 5.41) is 9.08. The molecule has 15 heavy (non-hydrogen) atoms. The van der Waals surface area contributed by atoms with Crippen LogP contribution in [0.2, 0.25) is 0 Å². The topological polar surface area (TPSA) is 76.2 Å². The van der Waals surface area contributed by atoms with E-state index in [2.05, 4.69) is 4.98 Å². The van der Waals surface area contributed by atoms with E-state index in [4.69, 9.17) is 10.8 Å². The molecule has 1 heterocycles. The first kappa shape index (κ1) is 11.7. The number of carboxylic acids is 1. The van der Waals surface area contributed by atoms with Gasteiger partial charge in [0.05, 0.1) is 5.41 Å². The van der Waals surface area contributed by atoms with Gasteiger partial charge in [-0.05, 0) is 25.5 Å². The van der Waals surface area contributed by atoms with E-state index in [9.17, 15) is 4.79 Å². The normalized spacial score (nSPS) is 14.6. The largest absolute Gasteiger partial charge is 0.481 e. The average molecular weight is 208 g/mol. The molecule has 0 aliphatic heterocycles. The Labute approximate surface area is 89.1 Å². The van der Waals surface area contributed by atoms with Crippen molar-refractivity contribution in [2.75, 3.05) is 6.54 Å². The van der Waals surface area contributed by atoms with Crippen LogP contribution in [0.15, 0.2) is 18.3 Å². The summed E-state index contributed by atoms with van der Waals surface area (Å²) in [5.74, 6) is -0.880. The Morgan fingerprint density at radius 2 is 2.33 bits per heavy atom. The SMILES string of the molecule is Cc1cccnc1CC(C)(CN)C(=O)O. The fourth-order valence-electron chi connectivity index (χ4n) is 1.31. The average Bonchev–Trinajstić information content (AvgIpc) is 2.21. The Kier molecular flexibility index (Phi) is 3.42. The first-order valence-electron chi connectivity index (χ1n) is 4.83. The maximum absolute atomic E-state index is 11.1. The molecule has 1 atom stereocenters. The van der Waals surface area contributed by atoms with Gasteiger partial charge in [-0.2, -0.15) is 0 Å². The number of hydrogen-bond donors (Lipinski definition) is 2. The van der Waals surface area contributed by atoms with E-state index in [0.717, 1.165) is 11.3 Å². The van der Waals surface area contributed by atoms with Gasteiger partial charge in [0.1, 0.15) is 0 Å². The second-order valence-corrected chi connectivity index (χ2v) is 4.01. The number of hydrogen-bond acceptors (Lipinski definition) is 3. The highest BCUT2D eigenvalue weighted by atomic mass is 16.4. The summed E-state index contributed by atoms with van der Waals surface area (Å²) in [5.41, 5.74) is 6.36. The summed E-state index contributed by atoms with van der Waals surface area (Å²) in [4.78, 5) is 15.2. The Bertz CT molecular complexity index is 365. The monoisotopic (exact) mass is 208 g/mol. The van der Waals surface area contributed by atoms with Crippen molar-refractivity contribution in [1.29, 1.82) is 0 Å². The molecule has 0 fully saturated rings. The minimum atomic E-state index is -0.931. The molecule has 1 aromatic heterocycles. The summed E-state index contributed by atoms with van der Waals surface area (Å²) >= 11 is 0. The van der Waals surface area contributed by atoms with Crippen LogP contribution in [0.5, 0.6) is 0 Å². The van der Waals surface area contributed by atoms with E-state index in [-0.39, 0.29) is 6.54 Å². The number of nitrogens with two attached hydrogens (primary N) is 1. The van der Waals surface area contributed by atoms with Crippen molar-refractivity contribution < 1.29 is 9.90 Å². The van der Waals surface area contributed by atoms with Crippen LogP contribution < -0.4 is 5.73 Å². The highest BCUT2D eigenvalue weighted by Gasteiger charge is 2.32. The molecule has 0 aliphatic rings. The zero-order chi connectivity index (χ0) is 11.5. The number of carboxylic acid groups (broad SMARTS) is 1. The lowest BCUT2D eigenvalue weighted by Crippen LogP contribution is -2.38. The summed E-state index contributed by atoms with van der Waals surface area (Å²) in [6, 6.07) is 3.75. The maximum atomic E-state index is 11.1. The molecule has 1 aromatic rings. The summed E-state index contributed by atoms with van der Waals surface area (Å²) < 4.78 is 0. The van der Waals surface area contributed by atoms with Gasteiger partial charge in [0.15, 0.2) is 0 Å². The van der Waals surface area contributed by atoms with Crippen molar-refractivity contribution in [3.63, 3.8) is 0 Å². The van der Waals surface area contributed by atoms with Crippen molar-refractivity contribution in [1.82, 2.24) is 4.98 Å². The van der Waals surface area contributed by atoms with Crippen molar-refractivity contribution >= 4 is 5.97 Å². The van der Waals surface area contributed by atoms with Crippen LogP contribution in [0.4, 0.5) is 0 Å². The number of aliphatic carboxylic acids is 1. The summed E-state index contributed by atoms with van der Waals surface area (Å²) in [6.45, 7) is 3.67. The van der Waals surface area contributed by atoms with Crippen LogP contribution in [0.25, 0.3) is 0 Å². The van der Waals surface area contributed by atoms with Crippen LogP contribution in [-0.2, 0) is 11.2 Å². The highest BCUT2D eigenvalue weighted by molar-refractivity contribution is 5.74. The number of rotatable bonds is 4. The van der Waals surface area contributed by atoms with Crippen LogP contribution in [-0.4, -0.2) is 22.6 Å². The third-order valence-electron chi connectivity index (χ3n) is 2.64. The molecule has 0 amide bonds. The van der Waals surface area contributed by atoms with Crippen molar-refractivity contribution in [3.05, 3.63) is 29.6 Å². The molecule has 0 bridgehead atoms. The Morgan fingerprint density at radius 1 is 1.67 bits per heavy atom. The molecule has 0 radical (unpaired) electrons. The Hall–Kier alpha value is -1.42. The number of carbonyl (C=O) groups is 1. The first-order chi connectivity index (χ1) is 6.99. The number of aryl methyl sites for hydroxylation is 1. The zero-order valence-corrected chi connectivity index (χ0v) is 9.03. The van der Waals surface area contributed by atoms with E-state index < -0.39 is 11.4 Å². The first-order valence-corrected chi connectivity index (χ1v) is 4.83. The van der Waals surface area contributed by atoms with Gasteiger partial charge in [-0.15, -0.1) is 0 Å². The van der Waals surface area contributed by atoms with Gasteiger partial charge in [0.25, 0.3) is 0 Å². The molecule has 4 nitrogen and oxygen atoms in total. The third kappa shape index (κ3) is 2.53. The quantitative estimate of drug-likeness (QED) is 0.773. The lowest BCUT2D eigenvalue weighted by molar-refractivity contribution is -0.147. The standard InChI is InChI=1S/C11H16N2O2/c1-8-4-3-5-13-9(8)6-11(2,7-12)10(14)15/h3-5H,6-7,12H2,1-2H3,(H,14,15). The number of pyridine rings is 1. The number of aromatic nitrogens is 1. The van der Waals surface area contributed by atoms with Crippen LogP contribution in [0.1, 0.15) is 18.2 Å². The van der Waals surface area contributed by atoms with Gasteiger partial charge >= 0.3 is 5.97 Å². The van der Waals surface area contributed by atoms with Gasteiger partial charge in [0, 0.05) is 24.9 Å². The molecule has 0 aromatic carbocycles. The van der Waals surface area contributed by atoms with Gasteiger partial charge in [-0.1, -0.05) is 6.07 Å². The number of nitrogens with zero attached hydrogens (tertiary/aromatic N) is 1. The second-order valence-electron chi connectivity index (χ2n) is 4.01. The molecule has 4 heteroatoms. The molecular formula is C11H16N2O2. The summed E-state index contributed by atoms with van der Waals surface area (Å²) in [6.07, 6.45) is 2.03. The molecule has 0 saturated heterocycles. The van der Waals surface area contributed by atoms with Gasteiger partial charge < -0.3 is 10.8 Å². The lowest BCUT2D eigenvalue weighted by atomic mass is 9.84. The molecule has 0 spiro atoms. The molecule has 0 aliphatic carbocycles. The molecular weight excluding hydrogens is 192 g/mol. The third-order valence-corrected chi connectivity index (χ3v) is 2.64. The molecule has 1 unspecified atom stereocenters. The van der Waals surface area contributed by atoms with Crippen LogP contribution >= 0.6 is 0 Å². The van der Waals surface area contributed by atoms with Gasteiger partial charge in [-0.25, -0.2) is 0 Å². The van der Waals surface area contributed by atoms with Crippen molar-refractivity contribution in [2.24, 2.45) is 11.1 Å².